The molecule has 6 nitrogen and oxygen atoms in total. The number of nitro groups is 1. The molecular formula is C14H20N2O4S. The van der Waals surface area contributed by atoms with Crippen LogP contribution in [0.5, 0.6) is 0 Å². The number of hydrogen-bond acceptors (Lipinski definition) is 5. The van der Waals surface area contributed by atoms with Crippen molar-refractivity contribution in [1.82, 2.24) is 0 Å². The first-order chi connectivity index (χ1) is 9.79. The molecule has 2 unspecified atom stereocenters. The minimum atomic E-state index is -3.63. The van der Waals surface area contributed by atoms with Gasteiger partial charge in [-0.2, -0.15) is 0 Å². The molecule has 0 aliphatic heterocycles. The van der Waals surface area contributed by atoms with E-state index in [0.29, 0.717) is 18.4 Å². The lowest BCUT2D eigenvalue weighted by molar-refractivity contribution is -0.386. The van der Waals surface area contributed by atoms with Crippen molar-refractivity contribution in [3.63, 3.8) is 0 Å². The lowest BCUT2D eigenvalue weighted by Crippen LogP contribution is -2.14. The highest BCUT2D eigenvalue weighted by atomic mass is 32.2. The Kier molecular flexibility index (Phi) is 4.51. The third-order valence-corrected chi connectivity index (χ3v) is 5.09. The van der Waals surface area contributed by atoms with Gasteiger partial charge in [0.1, 0.15) is 10.6 Å². The molecule has 1 saturated carbocycles. The Balaban J connectivity index is 2.25. The zero-order valence-electron chi connectivity index (χ0n) is 12.2. The highest BCUT2D eigenvalue weighted by Crippen LogP contribution is 2.34. The Bertz CT molecular complexity index is 642. The monoisotopic (exact) mass is 312 g/mol. The number of rotatable bonds is 5. The van der Waals surface area contributed by atoms with Crippen LogP contribution in [0.1, 0.15) is 26.2 Å². The van der Waals surface area contributed by atoms with Gasteiger partial charge in [-0.15, -0.1) is 0 Å². The molecule has 0 heterocycles. The van der Waals surface area contributed by atoms with E-state index in [4.69, 9.17) is 0 Å². The Morgan fingerprint density at radius 3 is 2.62 bits per heavy atom. The van der Waals surface area contributed by atoms with Gasteiger partial charge in [-0.05, 0) is 36.8 Å². The van der Waals surface area contributed by atoms with Gasteiger partial charge in [0, 0.05) is 12.8 Å². The molecule has 0 spiro atoms. The van der Waals surface area contributed by atoms with Crippen molar-refractivity contribution in [2.75, 3.05) is 18.1 Å². The molecule has 0 saturated heterocycles. The van der Waals surface area contributed by atoms with Gasteiger partial charge in [0.2, 0.25) is 0 Å². The summed E-state index contributed by atoms with van der Waals surface area (Å²) >= 11 is 0. The first-order valence-electron chi connectivity index (χ1n) is 7.00. The maximum absolute atomic E-state index is 11.7. The molecule has 21 heavy (non-hydrogen) atoms. The number of nitrogens with one attached hydrogen (secondary N) is 1. The lowest BCUT2D eigenvalue weighted by atomic mass is 10.1. The Hall–Kier alpha value is -1.63. The first-order valence-corrected chi connectivity index (χ1v) is 8.89. The summed E-state index contributed by atoms with van der Waals surface area (Å²) in [5.74, 6) is 1.18. The third-order valence-electron chi connectivity index (χ3n) is 3.97. The summed E-state index contributed by atoms with van der Waals surface area (Å²) in [7, 11) is -3.63. The second kappa shape index (κ2) is 6.01. The highest BCUT2D eigenvalue weighted by molar-refractivity contribution is 7.90. The average molecular weight is 312 g/mol. The van der Waals surface area contributed by atoms with E-state index in [1.807, 2.05) is 0 Å². The van der Waals surface area contributed by atoms with Gasteiger partial charge in [0.25, 0.3) is 0 Å². The van der Waals surface area contributed by atoms with Crippen molar-refractivity contribution < 1.29 is 13.3 Å². The van der Waals surface area contributed by atoms with E-state index in [9.17, 15) is 18.5 Å². The molecule has 1 fully saturated rings. The molecule has 1 N–H and O–H groups in total. The fourth-order valence-electron chi connectivity index (χ4n) is 2.92. The molecule has 7 heteroatoms. The zero-order chi connectivity index (χ0) is 15.6. The fourth-order valence-corrected chi connectivity index (χ4v) is 3.78. The second-order valence-corrected chi connectivity index (χ2v) is 7.83. The minimum absolute atomic E-state index is 0.239. The fraction of sp³-hybridized carbons (Fsp3) is 0.571. The van der Waals surface area contributed by atoms with Gasteiger partial charge in [-0.3, -0.25) is 10.1 Å². The summed E-state index contributed by atoms with van der Waals surface area (Å²) in [6.07, 6.45) is 4.37. The number of nitro benzene ring substituents is 1. The number of benzene rings is 1. The van der Waals surface area contributed by atoms with E-state index in [2.05, 4.69) is 12.2 Å². The van der Waals surface area contributed by atoms with Crippen molar-refractivity contribution in [1.29, 1.82) is 0 Å². The van der Waals surface area contributed by atoms with E-state index >= 15 is 0 Å². The third kappa shape index (κ3) is 3.72. The molecule has 1 aromatic carbocycles. The topological polar surface area (TPSA) is 89.3 Å². The molecule has 2 rings (SSSR count). The van der Waals surface area contributed by atoms with Gasteiger partial charge in [-0.1, -0.05) is 19.4 Å². The zero-order valence-corrected chi connectivity index (χ0v) is 13.0. The Morgan fingerprint density at radius 1 is 1.38 bits per heavy atom. The van der Waals surface area contributed by atoms with Crippen LogP contribution in [0.2, 0.25) is 0 Å². The maximum Gasteiger partial charge on any atom is 0.310 e. The van der Waals surface area contributed by atoms with Gasteiger partial charge in [-0.25, -0.2) is 8.42 Å². The molecule has 0 aromatic heterocycles. The van der Waals surface area contributed by atoms with Crippen molar-refractivity contribution >= 4 is 21.2 Å². The van der Waals surface area contributed by atoms with Crippen molar-refractivity contribution in [2.24, 2.45) is 11.8 Å². The Labute approximate surface area is 124 Å². The highest BCUT2D eigenvalue weighted by Gasteiger charge is 2.27. The van der Waals surface area contributed by atoms with Crippen molar-refractivity contribution in [3.8, 4) is 0 Å². The quantitative estimate of drug-likeness (QED) is 0.667. The number of hydrogen-bond donors (Lipinski definition) is 1. The molecule has 0 bridgehead atoms. The predicted molar refractivity (Wildman–Crippen MR) is 81.2 cm³/mol. The Morgan fingerprint density at radius 2 is 2.10 bits per heavy atom. The van der Waals surface area contributed by atoms with E-state index in [1.165, 1.54) is 18.6 Å². The van der Waals surface area contributed by atoms with E-state index in [0.717, 1.165) is 19.1 Å². The standard InChI is InChI=1S/C14H20N2O4S/c1-10-6-7-11(8-10)9-15-12-4-3-5-13(21(2,19)20)14(12)16(17)18/h3-5,10-11,15H,6-9H2,1-2H3. The molecular weight excluding hydrogens is 292 g/mol. The van der Waals surface area contributed by atoms with Crippen LogP contribution in [0.25, 0.3) is 0 Å². The predicted octanol–water partition coefficient (Wildman–Crippen LogP) is 2.85. The van der Waals surface area contributed by atoms with Crippen molar-refractivity contribution in [3.05, 3.63) is 28.3 Å². The van der Waals surface area contributed by atoms with Crippen LogP contribution in [0, 0.1) is 22.0 Å². The second-order valence-electron chi connectivity index (χ2n) is 5.85. The molecule has 116 valence electrons. The van der Waals surface area contributed by atoms with Crippen LogP contribution >= 0.6 is 0 Å². The number of nitrogens with zero attached hydrogens (tertiary/aromatic N) is 1. The summed E-state index contributed by atoms with van der Waals surface area (Å²) in [5, 5.41) is 14.3. The van der Waals surface area contributed by atoms with Gasteiger partial charge in [0.15, 0.2) is 9.84 Å². The van der Waals surface area contributed by atoms with Gasteiger partial charge < -0.3 is 5.32 Å². The van der Waals surface area contributed by atoms with E-state index in [1.54, 1.807) is 6.07 Å². The molecule has 2 atom stereocenters. The summed E-state index contributed by atoms with van der Waals surface area (Å²) < 4.78 is 23.4. The van der Waals surface area contributed by atoms with Crippen LogP contribution in [0.3, 0.4) is 0 Å². The molecule has 1 aromatic rings. The number of sulfone groups is 1. The molecule has 1 aliphatic carbocycles. The largest absolute Gasteiger partial charge is 0.379 e. The summed E-state index contributed by atoms with van der Waals surface area (Å²) in [4.78, 5) is 10.4. The van der Waals surface area contributed by atoms with Crippen LogP contribution in [0.15, 0.2) is 23.1 Å². The average Bonchev–Trinajstić information content (AvgIpc) is 2.80. The summed E-state index contributed by atoms with van der Waals surface area (Å²) in [6.45, 7) is 2.84. The number of anilines is 1. The normalized spacial score (nSPS) is 22.2. The van der Waals surface area contributed by atoms with E-state index < -0.39 is 14.8 Å². The van der Waals surface area contributed by atoms with Gasteiger partial charge in [0.05, 0.1) is 4.92 Å². The lowest BCUT2D eigenvalue weighted by Gasteiger charge is -2.13. The number of para-hydroxylation sites is 1. The van der Waals surface area contributed by atoms with Gasteiger partial charge >= 0.3 is 5.69 Å². The van der Waals surface area contributed by atoms with Crippen molar-refractivity contribution in [2.45, 2.75) is 31.1 Å². The molecule has 0 amide bonds. The van der Waals surface area contributed by atoms with Crippen LogP contribution in [-0.2, 0) is 9.84 Å². The first kappa shape index (κ1) is 15.8. The summed E-state index contributed by atoms with van der Waals surface area (Å²) in [5.41, 5.74) is -0.0754. The molecule has 0 radical (unpaired) electrons. The van der Waals surface area contributed by atoms with Crippen LogP contribution in [0.4, 0.5) is 11.4 Å². The SMILES string of the molecule is CC1CCC(CNc2cccc(S(C)(=O)=O)c2[N+](=O)[O-])C1. The smallest absolute Gasteiger partial charge is 0.310 e. The summed E-state index contributed by atoms with van der Waals surface area (Å²) in [6, 6.07) is 4.37. The molecule has 1 aliphatic rings. The minimum Gasteiger partial charge on any atom is -0.379 e. The maximum atomic E-state index is 11.7. The van der Waals surface area contributed by atoms with Crippen LogP contribution < -0.4 is 5.32 Å². The van der Waals surface area contributed by atoms with E-state index in [-0.39, 0.29) is 16.3 Å². The van der Waals surface area contributed by atoms with Crippen LogP contribution in [-0.4, -0.2) is 26.1 Å².